The zero-order valence-electron chi connectivity index (χ0n) is 9.65. The van der Waals surface area contributed by atoms with Crippen LogP contribution in [0, 0.1) is 0 Å². The van der Waals surface area contributed by atoms with Crippen molar-refractivity contribution < 1.29 is 19.4 Å². The number of ether oxygens (including phenoxy) is 2. The maximum Gasteiger partial charge on any atom is 0.308 e. The van der Waals surface area contributed by atoms with Gasteiger partial charge in [-0.25, -0.2) is 0 Å². The summed E-state index contributed by atoms with van der Waals surface area (Å²) in [4.78, 5) is 13.2. The van der Waals surface area contributed by atoms with Gasteiger partial charge in [-0.3, -0.25) is 9.69 Å². The summed E-state index contributed by atoms with van der Waals surface area (Å²) in [6, 6.07) is 0. The highest BCUT2D eigenvalue weighted by atomic mass is 32.1. The van der Waals surface area contributed by atoms with Gasteiger partial charge >= 0.3 is 5.97 Å². The van der Waals surface area contributed by atoms with Crippen molar-refractivity contribution in [2.75, 3.05) is 39.5 Å². The molecule has 16 heavy (non-hydrogen) atoms. The Balaban J connectivity index is 0.00000225. The van der Waals surface area contributed by atoms with E-state index in [1.807, 2.05) is 0 Å². The first-order valence-electron chi connectivity index (χ1n) is 5.36. The number of rotatable bonds is 5. The molecule has 1 heterocycles. The van der Waals surface area contributed by atoms with Gasteiger partial charge in [-0.2, -0.15) is 13.5 Å². The summed E-state index contributed by atoms with van der Waals surface area (Å²) in [5.74, 6) is -0.335. The molecule has 0 amide bonds. The summed E-state index contributed by atoms with van der Waals surface area (Å²) >= 11 is 0. The number of morpholine rings is 1. The fraction of sp³-hybridized carbons (Fsp3) is 0.900. The van der Waals surface area contributed by atoms with Crippen LogP contribution in [0.2, 0.25) is 0 Å². The predicted octanol–water partition coefficient (Wildman–Crippen LogP) is -0.254. The number of aliphatic hydroxyl groups is 1. The molecule has 1 N–H and O–H groups in total. The number of aliphatic hydroxyl groups excluding tert-OH is 1. The molecule has 0 saturated carbocycles. The fourth-order valence-electron chi connectivity index (χ4n) is 1.56. The summed E-state index contributed by atoms with van der Waals surface area (Å²) < 4.78 is 9.95. The molecule has 0 aromatic rings. The first kappa shape index (κ1) is 15.7. The highest BCUT2D eigenvalue weighted by molar-refractivity contribution is 7.59. The van der Waals surface area contributed by atoms with Gasteiger partial charge in [-0.15, -0.1) is 0 Å². The Kier molecular flexibility index (Phi) is 8.64. The van der Waals surface area contributed by atoms with E-state index in [4.69, 9.17) is 9.47 Å². The molecular formula is C10H21NO4S. The van der Waals surface area contributed by atoms with Gasteiger partial charge in [0.25, 0.3) is 0 Å². The van der Waals surface area contributed by atoms with Crippen LogP contribution in [0.4, 0.5) is 0 Å². The maximum absolute atomic E-state index is 11.1. The van der Waals surface area contributed by atoms with Gasteiger partial charge in [-0.1, -0.05) is 0 Å². The molecule has 1 aliphatic rings. The van der Waals surface area contributed by atoms with E-state index in [1.165, 1.54) is 0 Å². The molecule has 1 rings (SSSR count). The molecule has 0 spiro atoms. The lowest BCUT2D eigenvalue weighted by molar-refractivity contribution is -0.145. The minimum Gasteiger partial charge on any atom is -0.466 e. The molecule has 0 aromatic carbocycles. The number of carbonyl (C=O) groups excluding carboxylic acids is 1. The lowest BCUT2D eigenvalue weighted by Gasteiger charge is -2.28. The molecule has 0 aliphatic carbocycles. The first-order valence-corrected chi connectivity index (χ1v) is 5.36. The molecule has 1 atom stereocenters. The van der Waals surface area contributed by atoms with Crippen molar-refractivity contribution in [3.8, 4) is 0 Å². The lowest BCUT2D eigenvalue weighted by Crippen LogP contribution is -2.41. The monoisotopic (exact) mass is 251 g/mol. The second-order valence-electron chi connectivity index (χ2n) is 3.58. The van der Waals surface area contributed by atoms with Crippen LogP contribution in [0.15, 0.2) is 0 Å². The fourth-order valence-corrected chi connectivity index (χ4v) is 1.56. The Morgan fingerprint density at radius 3 is 2.69 bits per heavy atom. The van der Waals surface area contributed by atoms with E-state index in [0.717, 1.165) is 13.1 Å². The number of hydrogen-bond donors (Lipinski definition) is 1. The largest absolute Gasteiger partial charge is 0.466 e. The minimum absolute atomic E-state index is 0. The third-order valence-corrected chi connectivity index (χ3v) is 2.28. The molecule has 0 unspecified atom stereocenters. The number of nitrogens with zero attached hydrogens (tertiary/aromatic N) is 1. The zero-order valence-corrected chi connectivity index (χ0v) is 10.6. The average Bonchev–Trinajstić information content (AvgIpc) is 2.19. The third-order valence-electron chi connectivity index (χ3n) is 2.28. The van der Waals surface area contributed by atoms with E-state index in [-0.39, 0.29) is 25.9 Å². The summed E-state index contributed by atoms with van der Waals surface area (Å²) in [5.41, 5.74) is 0. The van der Waals surface area contributed by atoms with Gasteiger partial charge in [0.05, 0.1) is 32.3 Å². The highest BCUT2D eigenvalue weighted by Crippen LogP contribution is 2.02. The molecule has 96 valence electrons. The van der Waals surface area contributed by atoms with E-state index >= 15 is 0 Å². The summed E-state index contributed by atoms with van der Waals surface area (Å²) in [6.45, 7) is 5.68. The maximum atomic E-state index is 11.1. The van der Waals surface area contributed by atoms with E-state index in [9.17, 15) is 9.90 Å². The number of carbonyl (C=O) groups is 1. The second kappa shape index (κ2) is 8.81. The molecule has 6 heteroatoms. The van der Waals surface area contributed by atoms with E-state index < -0.39 is 6.10 Å². The van der Waals surface area contributed by atoms with Gasteiger partial charge in [0.2, 0.25) is 0 Å². The van der Waals surface area contributed by atoms with Crippen LogP contribution in [0.1, 0.15) is 13.3 Å². The van der Waals surface area contributed by atoms with Crippen LogP contribution in [0.3, 0.4) is 0 Å². The Morgan fingerprint density at radius 2 is 2.12 bits per heavy atom. The second-order valence-corrected chi connectivity index (χ2v) is 3.58. The number of esters is 1. The molecule has 0 radical (unpaired) electrons. The van der Waals surface area contributed by atoms with Crippen molar-refractivity contribution in [1.82, 2.24) is 4.90 Å². The molecule has 1 aliphatic heterocycles. The zero-order chi connectivity index (χ0) is 11.1. The average molecular weight is 251 g/mol. The van der Waals surface area contributed by atoms with Gasteiger partial charge in [0, 0.05) is 19.6 Å². The van der Waals surface area contributed by atoms with Crippen molar-refractivity contribution in [2.45, 2.75) is 19.4 Å². The van der Waals surface area contributed by atoms with Crippen LogP contribution in [-0.4, -0.2) is 61.5 Å². The standard InChI is InChI=1S/C10H19NO4.H2S/c1-2-15-10(13)7-9(12)8-11-3-5-14-6-4-11;/h9,12H,2-8H2,1H3;1H2/t9-;/m0./s1. The van der Waals surface area contributed by atoms with Crippen LogP contribution in [0.5, 0.6) is 0 Å². The lowest BCUT2D eigenvalue weighted by atomic mass is 10.2. The molecule has 1 fully saturated rings. The van der Waals surface area contributed by atoms with E-state index in [2.05, 4.69) is 4.90 Å². The molecular weight excluding hydrogens is 230 g/mol. The van der Waals surface area contributed by atoms with E-state index in [1.54, 1.807) is 6.92 Å². The van der Waals surface area contributed by atoms with E-state index in [0.29, 0.717) is 26.4 Å². The third kappa shape index (κ3) is 6.32. The molecule has 0 bridgehead atoms. The van der Waals surface area contributed by atoms with Crippen molar-refractivity contribution in [3.05, 3.63) is 0 Å². The molecule has 1 saturated heterocycles. The van der Waals surface area contributed by atoms with Crippen molar-refractivity contribution in [3.63, 3.8) is 0 Å². The van der Waals surface area contributed by atoms with Gasteiger partial charge in [-0.05, 0) is 6.92 Å². The first-order chi connectivity index (χ1) is 7.22. The Labute approximate surface area is 103 Å². The van der Waals surface area contributed by atoms with Gasteiger partial charge in [0.15, 0.2) is 0 Å². The Hall–Kier alpha value is -0.300. The van der Waals surface area contributed by atoms with Crippen molar-refractivity contribution in [2.24, 2.45) is 0 Å². The van der Waals surface area contributed by atoms with Crippen molar-refractivity contribution >= 4 is 19.5 Å². The van der Waals surface area contributed by atoms with Gasteiger partial charge < -0.3 is 14.6 Å². The number of hydrogen-bond acceptors (Lipinski definition) is 5. The smallest absolute Gasteiger partial charge is 0.308 e. The van der Waals surface area contributed by atoms with Crippen LogP contribution in [0.25, 0.3) is 0 Å². The number of β-amino-alcohol motifs (C(OH)–C–C–N with tert-alkyl or cyclic N) is 1. The molecule has 0 aromatic heterocycles. The predicted molar refractivity (Wildman–Crippen MR) is 64.9 cm³/mol. The summed E-state index contributed by atoms with van der Waals surface area (Å²) in [6.07, 6.45) is -0.562. The van der Waals surface area contributed by atoms with Gasteiger partial charge in [0.1, 0.15) is 0 Å². The van der Waals surface area contributed by atoms with Crippen molar-refractivity contribution in [1.29, 1.82) is 0 Å². The Bertz CT molecular complexity index is 197. The molecule has 5 nitrogen and oxygen atoms in total. The summed E-state index contributed by atoms with van der Waals surface area (Å²) in [5, 5.41) is 9.62. The Morgan fingerprint density at radius 1 is 1.50 bits per heavy atom. The van der Waals surface area contributed by atoms with Crippen LogP contribution >= 0.6 is 13.5 Å². The topological polar surface area (TPSA) is 59.0 Å². The highest BCUT2D eigenvalue weighted by Gasteiger charge is 2.17. The minimum atomic E-state index is -0.637. The quantitative estimate of drug-likeness (QED) is 0.683. The normalized spacial score (nSPS) is 18.6. The summed E-state index contributed by atoms with van der Waals surface area (Å²) in [7, 11) is 0. The SMILES string of the molecule is CCOC(=O)C[C@H](O)CN1CCOCC1.S. The van der Waals surface area contributed by atoms with Crippen LogP contribution < -0.4 is 0 Å². The van der Waals surface area contributed by atoms with Crippen LogP contribution in [-0.2, 0) is 14.3 Å².